The van der Waals surface area contributed by atoms with Crippen molar-refractivity contribution in [1.29, 1.82) is 0 Å². The molecule has 2 aromatic carbocycles. The van der Waals surface area contributed by atoms with E-state index in [1.807, 2.05) is 0 Å². The molecule has 0 saturated carbocycles. The summed E-state index contributed by atoms with van der Waals surface area (Å²) in [7, 11) is 0. The van der Waals surface area contributed by atoms with E-state index in [4.69, 9.17) is 10.2 Å². The van der Waals surface area contributed by atoms with E-state index in [1.54, 1.807) is 0 Å². The number of benzene rings is 2. The van der Waals surface area contributed by atoms with Crippen molar-refractivity contribution in [2.75, 3.05) is 0 Å². The highest BCUT2D eigenvalue weighted by Crippen LogP contribution is 2.36. The van der Waals surface area contributed by atoms with Gasteiger partial charge in [0.2, 0.25) is 0 Å². The molecule has 3 nitrogen and oxygen atoms in total. The molecule has 0 saturated heterocycles. The van der Waals surface area contributed by atoms with Crippen molar-refractivity contribution in [3.05, 3.63) is 65.0 Å². The lowest BCUT2D eigenvalue weighted by molar-refractivity contribution is 0.532. The van der Waals surface area contributed by atoms with Gasteiger partial charge in [0.25, 0.3) is 0 Å². The zero-order valence-corrected chi connectivity index (χ0v) is 21.2. The number of unbranched alkanes of at least 4 members (excludes halogenated alkanes) is 1. The van der Waals surface area contributed by atoms with Gasteiger partial charge in [0.05, 0.1) is 5.69 Å². The van der Waals surface area contributed by atoms with Gasteiger partial charge < -0.3 is 0 Å². The minimum Gasteiger partial charge on any atom is -0.278 e. The first-order valence-electron chi connectivity index (χ1n) is 12.5. The van der Waals surface area contributed by atoms with E-state index in [-0.39, 0.29) is 5.41 Å². The molecule has 0 spiro atoms. The van der Waals surface area contributed by atoms with Crippen LogP contribution in [0.15, 0.2) is 42.5 Å². The van der Waals surface area contributed by atoms with Crippen LogP contribution in [0.5, 0.6) is 0 Å². The fraction of sp³-hybridized carbons (Fsp3) is 0.517. The summed E-state index contributed by atoms with van der Waals surface area (Å²) in [6, 6.07) is 15.7. The van der Waals surface area contributed by atoms with E-state index in [0.29, 0.717) is 5.92 Å². The van der Waals surface area contributed by atoms with Crippen molar-refractivity contribution in [1.82, 2.24) is 14.8 Å². The summed E-state index contributed by atoms with van der Waals surface area (Å²) in [4.78, 5) is 0. The first kappa shape index (κ1) is 24.2. The molecule has 3 heteroatoms. The van der Waals surface area contributed by atoms with Gasteiger partial charge in [-0.15, -0.1) is 10.2 Å². The van der Waals surface area contributed by atoms with Crippen molar-refractivity contribution < 1.29 is 0 Å². The summed E-state index contributed by atoms with van der Waals surface area (Å²) in [5.41, 5.74) is 6.45. The Morgan fingerprint density at radius 3 is 2.22 bits per heavy atom. The Balaban J connectivity index is 2.30. The zero-order valence-electron chi connectivity index (χ0n) is 21.2. The number of aryl methyl sites for hydroxylation is 2. The summed E-state index contributed by atoms with van der Waals surface area (Å²) in [6.07, 6.45) is 6.70. The van der Waals surface area contributed by atoms with Crippen LogP contribution in [-0.4, -0.2) is 14.8 Å². The van der Waals surface area contributed by atoms with Crippen molar-refractivity contribution in [3.63, 3.8) is 0 Å². The molecule has 0 aliphatic rings. The summed E-state index contributed by atoms with van der Waals surface area (Å²) < 4.78 is 2.37. The second-order valence-corrected chi connectivity index (χ2v) is 9.97. The molecule has 0 aliphatic carbocycles. The maximum Gasteiger partial charge on any atom is 0.168 e. The SMILES string of the molecule is CCCCC(CC)c1nnc(-c2cccc(CC)c2)n1-c1ccc(CC)cc1C(C)(C)C. The molecule has 0 radical (unpaired) electrons. The molecular formula is C29H41N3. The Hall–Kier alpha value is -2.42. The highest BCUT2D eigenvalue weighted by atomic mass is 15.3. The van der Waals surface area contributed by atoms with Crippen LogP contribution < -0.4 is 0 Å². The average Bonchev–Trinajstić information content (AvgIpc) is 3.23. The van der Waals surface area contributed by atoms with E-state index < -0.39 is 0 Å². The van der Waals surface area contributed by atoms with Crippen molar-refractivity contribution in [2.24, 2.45) is 0 Å². The van der Waals surface area contributed by atoms with Crippen LogP contribution in [0.3, 0.4) is 0 Å². The molecular weight excluding hydrogens is 390 g/mol. The molecule has 172 valence electrons. The first-order chi connectivity index (χ1) is 15.3. The highest BCUT2D eigenvalue weighted by Gasteiger charge is 2.26. The van der Waals surface area contributed by atoms with Gasteiger partial charge in [-0.1, -0.05) is 91.6 Å². The van der Waals surface area contributed by atoms with Crippen molar-refractivity contribution in [3.8, 4) is 17.1 Å². The third-order valence-electron chi connectivity index (χ3n) is 6.56. The molecule has 1 unspecified atom stereocenters. The number of hydrogen-bond acceptors (Lipinski definition) is 2. The van der Waals surface area contributed by atoms with Crippen LogP contribution in [0.1, 0.15) is 103 Å². The van der Waals surface area contributed by atoms with Gasteiger partial charge >= 0.3 is 0 Å². The number of rotatable bonds is 9. The molecule has 0 bridgehead atoms. The average molecular weight is 432 g/mol. The summed E-state index contributed by atoms with van der Waals surface area (Å²) in [5, 5.41) is 9.62. The van der Waals surface area contributed by atoms with Gasteiger partial charge in [-0.2, -0.15) is 0 Å². The molecule has 3 aromatic rings. The number of nitrogens with zero attached hydrogens (tertiary/aromatic N) is 3. The van der Waals surface area contributed by atoms with Crippen LogP contribution in [0.25, 0.3) is 17.1 Å². The molecule has 1 atom stereocenters. The molecule has 1 heterocycles. The van der Waals surface area contributed by atoms with Gasteiger partial charge in [-0.3, -0.25) is 4.57 Å². The lowest BCUT2D eigenvalue weighted by Crippen LogP contribution is -2.18. The Kier molecular flexibility index (Phi) is 7.92. The first-order valence-corrected chi connectivity index (χ1v) is 12.5. The minimum absolute atomic E-state index is 0.0235. The predicted octanol–water partition coefficient (Wildman–Crippen LogP) is 8.04. The second-order valence-electron chi connectivity index (χ2n) is 9.97. The molecule has 32 heavy (non-hydrogen) atoms. The quantitative estimate of drug-likeness (QED) is 0.343. The van der Waals surface area contributed by atoms with Crippen LogP contribution >= 0.6 is 0 Å². The highest BCUT2D eigenvalue weighted by molar-refractivity contribution is 5.62. The van der Waals surface area contributed by atoms with Gasteiger partial charge in [0.15, 0.2) is 5.82 Å². The Bertz CT molecular complexity index is 1020. The fourth-order valence-corrected chi connectivity index (χ4v) is 4.48. The largest absolute Gasteiger partial charge is 0.278 e. The van der Waals surface area contributed by atoms with Crippen LogP contribution in [0, 0.1) is 0 Å². The van der Waals surface area contributed by atoms with Gasteiger partial charge in [-0.05, 0) is 59.9 Å². The third-order valence-corrected chi connectivity index (χ3v) is 6.56. The number of aromatic nitrogens is 3. The van der Waals surface area contributed by atoms with Crippen LogP contribution in [0.2, 0.25) is 0 Å². The summed E-state index contributed by atoms with van der Waals surface area (Å²) in [6.45, 7) is 15.9. The van der Waals surface area contributed by atoms with E-state index in [1.165, 1.54) is 35.2 Å². The van der Waals surface area contributed by atoms with Crippen LogP contribution in [-0.2, 0) is 18.3 Å². The normalized spacial score (nSPS) is 12.8. The Morgan fingerprint density at radius 2 is 1.59 bits per heavy atom. The molecule has 1 aromatic heterocycles. The number of hydrogen-bond donors (Lipinski definition) is 0. The maximum absolute atomic E-state index is 4.83. The predicted molar refractivity (Wildman–Crippen MR) is 137 cm³/mol. The van der Waals surface area contributed by atoms with Gasteiger partial charge in [0, 0.05) is 11.5 Å². The monoisotopic (exact) mass is 431 g/mol. The Labute approximate surface area is 195 Å². The minimum atomic E-state index is 0.0235. The topological polar surface area (TPSA) is 30.7 Å². The van der Waals surface area contributed by atoms with Gasteiger partial charge in [0.1, 0.15) is 5.82 Å². The van der Waals surface area contributed by atoms with Crippen molar-refractivity contribution in [2.45, 2.75) is 98.3 Å². The lowest BCUT2D eigenvalue weighted by atomic mass is 9.84. The van der Waals surface area contributed by atoms with E-state index in [9.17, 15) is 0 Å². The van der Waals surface area contributed by atoms with Crippen LogP contribution in [0.4, 0.5) is 0 Å². The smallest absolute Gasteiger partial charge is 0.168 e. The third kappa shape index (κ3) is 5.14. The molecule has 0 amide bonds. The maximum atomic E-state index is 4.83. The standard InChI is InChI=1S/C29H41N3/c1-8-12-15-23(11-4)27-30-31-28(24-16-13-14-21(9-2)19-24)32(27)26-18-17-22(10-3)20-25(26)29(5,6)7/h13-14,16-20,23H,8-12,15H2,1-7H3. The second kappa shape index (κ2) is 10.5. The van der Waals surface area contributed by atoms with E-state index >= 15 is 0 Å². The zero-order chi connectivity index (χ0) is 23.3. The van der Waals surface area contributed by atoms with Crippen molar-refractivity contribution >= 4 is 0 Å². The summed E-state index contributed by atoms with van der Waals surface area (Å²) >= 11 is 0. The lowest BCUT2D eigenvalue weighted by Gasteiger charge is -2.26. The Morgan fingerprint density at radius 1 is 0.875 bits per heavy atom. The molecule has 0 aliphatic heterocycles. The van der Waals surface area contributed by atoms with Gasteiger partial charge in [-0.25, -0.2) is 0 Å². The van der Waals surface area contributed by atoms with E-state index in [2.05, 4.69) is 95.5 Å². The van der Waals surface area contributed by atoms with E-state index in [0.717, 1.165) is 42.9 Å². The molecule has 0 fully saturated rings. The molecule has 0 N–H and O–H groups in total. The fourth-order valence-electron chi connectivity index (χ4n) is 4.48. The summed E-state index contributed by atoms with van der Waals surface area (Å²) in [5.74, 6) is 2.47. The molecule has 3 rings (SSSR count).